The van der Waals surface area contributed by atoms with E-state index in [1.807, 2.05) is 13.8 Å². The van der Waals surface area contributed by atoms with E-state index in [1.165, 1.54) is 0 Å². The summed E-state index contributed by atoms with van der Waals surface area (Å²) in [6.07, 6.45) is 6.88. The Hall–Kier alpha value is -2.27. The second-order valence-electron chi connectivity index (χ2n) is 6.41. The minimum absolute atomic E-state index is 0.0240. The van der Waals surface area contributed by atoms with Crippen LogP contribution in [0.25, 0.3) is 0 Å². The zero-order valence-corrected chi connectivity index (χ0v) is 15.1. The van der Waals surface area contributed by atoms with Crippen molar-refractivity contribution in [3.05, 3.63) is 46.6 Å². The minimum atomic E-state index is -0.405. The number of allylic oxidation sites excluding steroid dienone is 7. The van der Waals surface area contributed by atoms with Gasteiger partial charge in [0.15, 0.2) is 17.6 Å². The number of carbonyl (C=O) groups is 3. The van der Waals surface area contributed by atoms with E-state index in [1.54, 1.807) is 45.1 Å². The van der Waals surface area contributed by atoms with Crippen molar-refractivity contribution >= 4 is 17.5 Å². The maximum absolute atomic E-state index is 12.6. The molecule has 0 saturated heterocycles. The highest BCUT2D eigenvalue weighted by Crippen LogP contribution is 2.16. The van der Waals surface area contributed by atoms with Crippen LogP contribution in [-0.2, 0) is 14.4 Å². The second-order valence-corrected chi connectivity index (χ2v) is 6.41. The molecule has 0 bridgehead atoms. The maximum atomic E-state index is 12.6. The smallest absolute Gasteiger partial charge is 0.278 e. The van der Waals surface area contributed by atoms with E-state index in [9.17, 15) is 14.4 Å². The quantitative estimate of drug-likeness (QED) is 0.813. The number of carbonyl (C=O) groups excluding carboxylic acids is 3. The van der Waals surface area contributed by atoms with E-state index in [0.29, 0.717) is 22.3 Å². The van der Waals surface area contributed by atoms with Crippen molar-refractivity contribution in [2.24, 2.45) is 5.92 Å². The van der Waals surface area contributed by atoms with Crippen LogP contribution in [0.15, 0.2) is 46.6 Å². The first kappa shape index (κ1) is 19.8. The Morgan fingerprint density at radius 1 is 1.04 bits per heavy atom. The summed E-state index contributed by atoms with van der Waals surface area (Å²) < 4.78 is 0. The highest BCUT2D eigenvalue weighted by molar-refractivity contribution is 6.17. The number of quaternary nitrogens is 1. The van der Waals surface area contributed by atoms with Gasteiger partial charge in [-0.2, -0.15) is 0 Å². The lowest BCUT2D eigenvalue weighted by molar-refractivity contribution is -0.414. The number of Topliss-reactive ketones (excluding diaryl/α,β-unsaturated/α-hetero) is 2. The fraction of sp³-hybridized carbons (Fsp3) is 0.421. The van der Waals surface area contributed by atoms with E-state index >= 15 is 0 Å². The number of amides is 1. The molecule has 0 aromatic carbocycles. The first-order chi connectivity index (χ1) is 11.2. The summed E-state index contributed by atoms with van der Waals surface area (Å²) in [7, 11) is 0. The molecule has 5 nitrogen and oxygen atoms in total. The minimum Gasteiger partial charge on any atom is -0.347 e. The number of ketones is 2. The summed E-state index contributed by atoms with van der Waals surface area (Å²) in [6.45, 7) is 8.88. The molecule has 0 saturated carbocycles. The zero-order chi connectivity index (χ0) is 18.4. The molecule has 5 heteroatoms. The van der Waals surface area contributed by atoms with Gasteiger partial charge in [0, 0.05) is 23.6 Å². The average Bonchev–Trinajstić information content (AvgIpc) is 2.55. The van der Waals surface area contributed by atoms with Gasteiger partial charge in [0.05, 0.1) is 0 Å². The van der Waals surface area contributed by atoms with Crippen LogP contribution in [0.1, 0.15) is 34.6 Å². The fourth-order valence-corrected chi connectivity index (χ4v) is 2.21. The number of hydrogen-bond acceptors (Lipinski definition) is 3. The van der Waals surface area contributed by atoms with Gasteiger partial charge >= 0.3 is 0 Å². The third-order valence-corrected chi connectivity index (χ3v) is 4.17. The summed E-state index contributed by atoms with van der Waals surface area (Å²) in [5.41, 5.74) is 5.58. The maximum Gasteiger partial charge on any atom is 0.278 e. The summed E-state index contributed by atoms with van der Waals surface area (Å²) in [6, 6.07) is -0.405. The van der Waals surface area contributed by atoms with E-state index in [4.69, 9.17) is 0 Å². The molecule has 0 fully saturated rings. The van der Waals surface area contributed by atoms with Crippen LogP contribution >= 0.6 is 0 Å². The largest absolute Gasteiger partial charge is 0.347 e. The van der Waals surface area contributed by atoms with E-state index in [-0.39, 0.29) is 29.9 Å². The Balaban J connectivity index is 3.16. The molecule has 4 N–H and O–H groups in total. The lowest BCUT2D eigenvalue weighted by atomic mass is 9.93. The second kappa shape index (κ2) is 8.55. The van der Waals surface area contributed by atoms with Gasteiger partial charge in [-0.15, -0.1) is 0 Å². The molecule has 130 valence electrons. The van der Waals surface area contributed by atoms with Crippen LogP contribution in [-0.4, -0.2) is 30.1 Å². The molecule has 0 spiro atoms. The molecular weight excluding hydrogens is 304 g/mol. The van der Waals surface area contributed by atoms with Gasteiger partial charge in [0.2, 0.25) is 0 Å². The van der Waals surface area contributed by atoms with Gasteiger partial charge in [0.25, 0.3) is 5.91 Å². The Labute approximate surface area is 143 Å². The molecular formula is C19H27N2O3+. The van der Waals surface area contributed by atoms with E-state index < -0.39 is 6.04 Å². The van der Waals surface area contributed by atoms with Crippen molar-refractivity contribution in [1.29, 1.82) is 0 Å². The highest BCUT2D eigenvalue weighted by Gasteiger charge is 2.24. The lowest BCUT2D eigenvalue weighted by Crippen LogP contribution is -2.69. The van der Waals surface area contributed by atoms with Crippen molar-refractivity contribution in [2.45, 2.75) is 40.7 Å². The lowest BCUT2D eigenvalue weighted by Gasteiger charge is -2.16. The average molecular weight is 331 g/mol. The molecule has 0 heterocycles. The SMILES string of the molecule is C/C1=C(\CNC(=O)C([NH3+])C(C)C)C(=O)/C(C)=C/C=C\C=C(/C)C1=O. The van der Waals surface area contributed by atoms with Gasteiger partial charge in [-0.25, -0.2) is 0 Å². The number of rotatable bonds is 4. The number of nitrogens with one attached hydrogen (secondary N) is 1. The van der Waals surface area contributed by atoms with Crippen molar-refractivity contribution in [3.8, 4) is 0 Å². The van der Waals surface area contributed by atoms with Crippen molar-refractivity contribution in [1.82, 2.24) is 5.32 Å². The highest BCUT2D eigenvalue weighted by atomic mass is 16.2. The van der Waals surface area contributed by atoms with Crippen LogP contribution in [0.3, 0.4) is 0 Å². The molecule has 1 unspecified atom stereocenters. The molecule has 0 aromatic heterocycles. The standard InChI is InChI=1S/C19H26N2O3/c1-11(2)16(20)19(24)21-10-15-14(5)17(22)12(3)8-6-7-9-13(4)18(15)23/h6-9,11,16H,10,20H2,1-5H3,(H,21,24)/p+1/b7-6-,12-8+,13-9+,15-14-. The molecule has 1 amide bonds. The Morgan fingerprint density at radius 2 is 1.54 bits per heavy atom. The van der Waals surface area contributed by atoms with Gasteiger partial charge in [-0.1, -0.05) is 38.2 Å². The van der Waals surface area contributed by atoms with Crippen LogP contribution in [0.2, 0.25) is 0 Å². The summed E-state index contributed by atoms with van der Waals surface area (Å²) >= 11 is 0. The van der Waals surface area contributed by atoms with Gasteiger partial charge in [0.1, 0.15) is 0 Å². The normalized spacial score (nSPS) is 26.3. The van der Waals surface area contributed by atoms with Crippen LogP contribution < -0.4 is 11.1 Å². The molecule has 1 aliphatic carbocycles. The summed E-state index contributed by atoms with van der Waals surface area (Å²) in [4.78, 5) is 37.2. The van der Waals surface area contributed by atoms with E-state index in [2.05, 4.69) is 11.1 Å². The van der Waals surface area contributed by atoms with Crippen molar-refractivity contribution in [2.75, 3.05) is 6.54 Å². The molecule has 1 aliphatic rings. The Kier molecular flexibility index (Phi) is 7.04. The summed E-state index contributed by atoms with van der Waals surface area (Å²) in [5.74, 6) is -0.553. The topological polar surface area (TPSA) is 90.9 Å². The molecule has 0 radical (unpaired) electrons. The number of hydrogen-bond donors (Lipinski definition) is 2. The van der Waals surface area contributed by atoms with Crippen LogP contribution in [0.5, 0.6) is 0 Å². The van der Waals surface area contributed by atoms with Crippen LogP contribution in [0, 0.1) is 5.92 Å². The predicted octanol–water partition coefficient (Wildman–Crippen LogP) is 1.29. The van der Waals surface area contributed by atoms with Crippen molar-refractivity contribution < 1.29 is 20.1 Å². The molecule has 1 rings (SSSR count). The Bertz CT molecular complexity index is 664. The monoisotopic (exact) mass is 331 g/mol. The molecule has 0 aliphatic heterocycles. The summed E-state index contributed by atoms with van der Waals surface area (Å²) in [5, 5.41) is 2.74. The zero-order valence-electron chi connectivity index (χ0n) is 15.1. The van der Waals surface area contributed by atoms with Gasteiger partial charge in [-0.05, 0) is 31.9 Å². The van der Waals surface area contributed by atoms with Crippen molar-refractivity contribution in [3.63, 3.8) is 0 Å². The van der Waals surface area contributed by atoms with E-state index in [0.717, 1.165) is 0 Å². The van der Waals surface area contributed by atoms with Gasteiger partial charge in [-0.3, -0.25) is 14.4 Å². The fourth-order valence-electron chi connectivity index (χ4n) is 2.21. The molecule has 0 aromatic rings. The Morgan fingerprint density at radius 3 is 2.04 bits per heavy atom. The molecule has 1 atom stereocenters. The predicted molar refractivity (Wildman–Crippen MR) is 93.9 cm³/mol. The third-order valence-electron chi connectivity index (χ3n) is 4.17. The first-order valence-corrected chi connectivity index (χ1v) is 8.08. The third kappa shape index (κ3) is 4.86. The van der Waals surface area contributed by atoms with Gasteiger partial charge < -0.3 is 11.1 Å². The van der Waals surface area contributed by atoms with Crippen LogP contribution in [0.4, 0.5) is 0 Å². The first-order valence-electron chi connectivity index (χ1n) is 8.08. The molecule has 24 heavy (non-hydrogen) atoms.